The second-order valence-electron chi connectivity index (χ2n) is 31.5. The van der Waals surface area contributed by atoms with Gasteiger partial charge in [-0.3, -0.25) is 0 Å². The number of fused-ring (bicyclic) bond motifs is 26. The Balaban J connectivity index is 1.05. The van der Waals surface area contributed by atoms with Crippen LogP contribution in [0.1, 0.15) is 208 Å². The highest BCUT2D eigenvalue weighted by molar-refractivity contribution is 5.68. The highest BCUT2D eigenvalue weighted by atomic mass is 15.2. The summed E-state index contributed by atoms with van der Waals surface area (Å²) >= 11 is 0. The Morgan fingerprint density at radius 3 is 0.712 bits per heavy atom. The molecule has 12 saturated carbocycles. The molecule has 0 nitrogen and oxygen atoms in total. The zero-order valence-electron chi connectivity index (χ0n) is 45.0. The summed E-state index contributed by atoms with van der Waals surface area (Å²) in [4.78, 5) is 0. The maximum Gasteiger partial charge on any atom is -0.0131 e. The summed E-state index contributed by atoms with van der Waals surface area (Å²) in [6.45, 7) is 85.3. The second-order valence-corrected chi connectivity index (χ2v) is 31.5. The average molecular weight is 805 g/mol. The molecule has 0 spiro atoms. The van der Waals surface area contributed by atoms with E-state index >= 15 is 0 Å². The van der Waals surface area contributed by atoms with Gasteiger partial charge < -0.3 is 0 Å². The summed E-state index contributed by atoms with van der Waals surface area (Å²) in [5, 5.41) is 0. The lowest BCUT2D eigenvalue weighted by atomic mass is 8.81. The Kier molecular flexibility index (Phi) is 5.32. The van der Waals surface area contributed by atoms with Gasteiger partial charge >= 0.3 is 0 Å². The van der Waals surface area contributed by atoms with Crippen LogP contribution in [0.25, 0.3) is 0 Å². The smallest absolute Gasteiger partial charge is 0.0131 e. The van der Waals surface area contributed by atoms with Crippen molar-refractivity contribution in [2.45, 2.75) is 208 Å². The molecule has 332 valence electrons. The average Bonchev–Trinajstić information content (AvgIpc) is 3.21. The molecule has 0 saturated heterocycles. The normalized spacial score (nSPS) is 86.0. The first-order valence-electron chi connectivity index (χ1n) is 26.0. The van der Waals surface area contributed by atoms with Crippen molar-refractivity contribution in [2.24, 2.45) is 160 Å². The van der Waals surface area contributed by atoms with E-state index in [1.54, 1.807) is 0 Å². The molecule has 0 aromatic carbocycles. The first kappa shape index (κ1) is 40.5. The summed E-state index contributed by atoms with van der Waals surface area (Å²) in [5.74, 6) is 4.38. The van der Waals surface area contributed by atoms with Gasteiger partial charge in [0.2, 0.25) is 0 Å². The molecule has 12 aliphatic carbocycles. The van der Waals surface area contributed by atoms with Gasteiger partial charge in [-0.25, -0.2) is 0 Å². The zero-order chi connectivity index (χ0) is 45.0. The Bertz CT molecular complexity index is 2270. The van der Waals surface area contributed by atoms with Crippen molar-refractivity contribution in [3.05, 3.63) is 0 Å². The molecule has 0 aliphatic heterocycles. The van der Waals surface area contributed by atoms with Gasteiger partial charge in [0, 0.05) is 0 Å². The van der Waals surface area contributed by atoms with Gasteiger partial charge in [0.15, 0.2) is 0 Å². The maximum absolute atomic E-state index is 2.96. The van der Waals surface area contributed by atoms with Crippen LogP contribution in [0.5, 0.6) is 0 Å². The molecule has 0 aromatic heterocycles. The van der Waals surface area contributed by atoms with Crippen molar-refractivity contribution in [1.29, 1.82) is 0 Å². The molecule has 0 bridgehead atoms. The molecular weight excluding hydrogens is 709 g/mol. The molecule has 59 heavy (non-hydrogen) atoms. The van der Waals surface area contributed by atoms with E-state index in [1.165, 1.54) is 0 Å². The third-order valence-electron chi connectivity index (χ3n) is 39.6. The SMILES string of the molecule is CC(C)C1(C)C(C)C2(C)C1(C)C1(C)C2(C)C2(C)C3(C)C4(C)C(C)C(C)(C5(C)C(C)C6(C)C5(C)C5(C)C6(C)C6(C)C7(C)C8(C)C(C)C(C)C8(C)C7(C)C56C)C4(C)C3(C)C12C. The van der Waals surface area contributed by atoms with Gasteiger partial charge in [0.1, 0.15) is 0 Å². The monoisotopic (exact) mass is 805 g/mol. The molecule has 0 heterocycles. The van der Waals surface area contributed by atoms with Crippen LogP contribution in [-0.4, -0.2) is 0 Å². The van der Waals surface area contributed by atoms with E-state index < -0.39 is 0 Å². The highest BCUT2D eigenvalue weighted by Crippen LogP contribution is 3.25. The fraction of sp³-hybridized carbons (Fsp3) is 1.00. The zero-order valence-corrected chi connectivity index (χ0v) is 45.0. The van der Waals surface area contributed by atoms with Crippen LogP contribution in [0.15, 0.2) is 0 Å². The maximum atomic E-state index is 2.96. The van der Waals surface area contributed by atoms with E-state index in [2.05, 4.69) is 208 Å². The molecule has 12 aliphatic rings. The fourth-order valence-corrected chi connectivity index (χ4v) is 36.2. The fourth-order valence-electron chi connectivity index (χ4n) is 36.2. The van der Waals surface area contributed by atoms with Crippen molar-refractivity contribution >= 4 is 0 Å². The van der Waals surface area contributed by atoms with E-state index in [-0.39, 0.29) is 37.9 Å². The summed E-state index contributed by atoms with van der Waals surface area (Å²) in [5.41, 5.74) is 7.11. The Morgan fingerprint density at radius 1 is 0.220 bits per heavy atom. The first-order chi connectivity index (χ1) is 26.0. The number of rotatable bonds is 2. The summed E-state index contributed by atoms with van der Waals surface area (Å²) in [6, 6.07) is 0. The number of hydrogen-bond acceptors (Lipinski definition) is 0. The van der Waals surface area contributed by atoms with Crippen LogP contribution >= 0.6 is 0 Å². The van der Waals surface area contributed by atoms with Gasteiger partial charge in [-0.15, -0.1) is 0 Å². The van der Waals surface area contributed by atoms with E-state index in [4.69, 9.17) is 0 Å². The van der Waals surface area contributed by atoms with Crippen LogP contribution < -0.4 is 0 Å². The number of hydrogen-bond donors (Lipinski definition) is 0. The summed E-state index contributed by atoms with van der Waals surface area (Å²) < 4.78 is 0. The molecule has 0 N–H and O–H groups in total. The van der Waals surface area contributed by atoms with Crippen LogP contribution in [0, 0.1) is 160 Å². The van der Waals surface area contributed by atoms with Crippen LogP contribution in [0.2, 0.25) is 0 Å². The standard InChI is InChI=1S/C59H96/c1-31(2)37(8)34(5)42(13)45(37,16)53(24)50(42,21)57(28)52(23)44(15)36(7)41(12,47(44,18)55(52,26)59(53,57)30)40(11)35(6)43(14)46(40,17)54(25)51(43,22)56(27)48(19)38(9)32(3)33(4)39(38,10)49(48,20)58(54,56)29/h31-36H,1-30H3. The largest absolute Gasteiger partial charge is 0.0622 e. The van der Waals surface area contributed by atoms with Crippen molar-refractivity contribution < 1.29 is 0 Å². The Hall–Kier alpha value is 0. The van der Waals surface area contributed by atoms with Crippen molar-refractivity contribution in [3.63, 3.8) is 0 Å². The highest BCUT2D eigenvalue weighted by Gasteiger charge is 3.22. The van der Waals surface area contributed by atoms with E-state index in [0.29, 0.717) is 104 Å². The molecule has 28 unspecified atom stereocenters. The second kappa shape index (κ2) is 7.74. The van der Waals surface area contributed by atoms with E-state index in [0.717, 1.165) is 17.8 Å². The van der Waals surface area contributed by atoms with Crippen LogP contribution in [0.4, 0.5) is 0 Å². The third-order valence-corrected chi connectivity index (χ3v) is 39.6. The van der Waals surface area contributed by atoms with E-state index in [9.17, 15) is 0 Å². The van der Waals surface area contributed by atoms with Gasteiger partial charge in [-0.2, -0.15) is 0 Å². The van der Waals surface area contributed by atoms with Gasteiger partial charge in [0.05, 0.1) is 0 Å². The minimum Gasteiger partial charge on any atom is -0.0622 e. The molecule has 0 radical (unpaired) electrons. The van der Waals surface area contributed by atoms with Crippen molar-refractivity contribution in [2.75, 3.05) is 0 Å². The minimum atomic E-state index is 0.225. The predicted octanol–water partition coefficient (Wildman–Crippen LogP) is 16.1. The Labute approximate surface area is 366 Å². The van der Waals surface area contributed by atoms with Crippen LogP contribution in [0.3, 0.4) is 0 Å². The molecular formula is C59H96. The third kappa shape index (κ3) is 1.69. The van der Waals surface area contributed by atoms with Crippen LogP contribution in [-0.2, 0) is 0 Å². The quantitative estimate of drug-likeness (QED) is 0.244. The predicted molar refractivity (Wildman–Crippen MR) is 247 cm³/mol. The molecule has 28 atom stereocenters. The van der Waals surface area contributed by atoms with E-state index in [1.807, 2.05) is 0 Å². The molecule has 0 amide bonds. The van der Waals surface area contributed by atoms with Gasteiger partial charge in [-0.05, 0) is 160 Å². The summed E-state index contributed by atoms with van der Waals surface area (Å²) in [6.07, 6.45) is 0. The Morgan fingerprint density at radius 2 is 0.424 bits per heavy atom. The molecule has 0 aromatic rings. The lowest BCUT2D eigenvalue weighted by molar-refractivity contribution is -0.759. The van der Waals surface area contributed by atoms with Crippen molar-refractivity contribution in [3.8, 4) is 0 Å². The molecule has 0 heteroatoms. The first-order valence-corrected chi connectivity index (χ1v) is 26.0. The lowest BCUT2D eigenvalue weighted by Crippen LogP contribution is -3.19. The molecule has 12 rings (SSSR count). The summed E-state index contributed by atoms with van der Waals surface area (Å²) in [7, 11) is 0. The van der Waals surface area contributed by atoms with Gasteiger partial charge in [-0.1, -0.05) is 208 Å². The minimum absolute atomic E-state index is 0.225. The van der Waals surface area contributed by atoms with Gasteiger partial charge in [0.25, 0.3) is 0 Å². The lowest BCUT2D eigenvalue weighted by Gasteiger charge is -3.22. The van der Waals surface area contributed by atoms with Crippen molar-refractivity contribution in [1.82, 2.24) is 0 Å². The topological polar surface area (TPSA) is 0 Å². The molecule has 12 fully saturated rings.